The van der Waals surface area contributed by atoms with Gasteiger partial charge in [0.15, 0.2) is 6.61 Å². The maximum atomic E-state index is 11.7. The molecule has 0 aromatic heterocycles. The number of methoxy groups -OCH3 is 1. The molecule has 0 saturated heterocycles. The fourth-order valence-electron chi connectivity index (χ4n) is 1.84. The van der Waals surface area contributed by atoms with E-state index in [0.717, 1.165) is 0 Å². The third kappa shape index (κ3) is 4.73. The number of amides is 1. The van der Waals surface area contributed by atoms with E-state index in [-0.39, 0.29) is 6.61 Å². The van der Waals surface area contributed by atoms with E-state index in [9.17, 15) is 4.79 Å². The number of rotatable bonds is 6. The molecule has 1 N–H and O–H groups in total. The van der Waals surface area contributed by atoms with Crippen molar-refractivity contribution in [2.24, 2.45) is 5.10 Å². The molecule has 24 heavy (non-hydrogen) atoms. The summed E-state index contributed by atoms with van der Waals surface area (Å²) < 4.78 is 10.5. The first-order chi connectivity index (χ1) is 11.6. The summed E-state index contributed by atoms with van der Waals surface area (Å²) in [5.74, 6) is 0.465. The molecule has 0 aliphatic carbocycles. The van der Waals surface area contributed by atoms with Crippen molar-refractivity contribution < 1.29 is 14.3 Å². The van der Waals surface area contributed by atoms with Gasteiger partial charge >= 0.3 is 0 Å². The van der Waals surface area contributed by atoms with Gasteiger partial charge in [0.1, 0.15) is 17.6 Å². The van der Waals surface area contributed by atoms with Crippen LogP contribution in [0, 0.1) is 11.3 Å². The Kier molecular flexibility index (Phi) is 6.17. The Morgan fingerprint density at radius 3 is 2.88 bits per heavy atom. The number of para-hydroxylation sites is 1. The molecule has 2 aromatic rings. The molecule has 0 saturated carbocycles. The minimum atomic E-state index is -0.458. The zero-order chi connectivity index (χ0) is 17.4. The zero-order valence-electron chi connectivity index (χ0n) is 12.8. The number of ether oxygens (including phenoxy) is 2. The van der Waals surface area contributed by atoms with E-state index in [1.54, 1.807) is 42.5 Å². The maximum Gasteiger partial charge on any atom is 0.277 e. The number of halogens is 1. The lowest BCUT2D eigenvalue weighted by Crippen LogP contribution is -2.24. The predicted octanol–water partition coefficient (Wildman–Crippen LogP) is 2.75. The monoisotopic (exact) mass is 343 g/mol. The highest BCUT2D eigenvalue weighted by Crippen LogP contribution is 2.20. The summed E-state index contributed by atoms with van der Waals surface area (Å²) in [6.45, 7) is -0.261. The van der Waals surface area contributed by atoms with Crippen molar-refractivity contribution >= 4 is 23.7 Å². The predicted molar refractivity (Wildman–Crippen MR) is 90.4 cm³/mol. The van der Waals surface area contributed by atoms with Crippen molar-refractivity contribution in [2.45, 2.75) is 0 Å². The molecule has 0 bridgehead atoms. The van der Waals surface area contributed by atoms with Crippen LogP contribution in [0.1, 0.15) is 11.1 Å². The molecular formula is C17H14ClN3O3. The van der Waals surface area contributed by atoms with Crippen LogP contribution in [0.15, 0.2) is 47.6 Å². The van der Waals surface area contributed by atoms with Crippen LogP contribution in [0.5, 0.6) is 11.5 Å². The van der Waals surface area contributed by atoms with E-state index in [1.807, 2.05) is 6.07 Å². The molecule has 122 valence electrons. The molecule has 2 aromatic carbocycles. The molecule has 6 nitrogen and oxygen atoms in total. The number of carbonyl (C=O) groups is 1. The molecule has 0 atom stereocenters. The molecule has 0 unspecified atom stereocenters. The Morgan fingerprint density at radius 1 is 1.33 bits per heavy atom. The van der Waals surface area contributed by atoms with Gasteiger partial charge in [-0.05, 0) is 30.3 Å². The van der Waals surface area contributed by atoms with Crippen LogP contribution in [0.4, 0.5) is 0 Å². The Morgan fingerprint density at radius 2 is 2.12 bits per heavy atom. The number of hydrogen-bond acceptors (Lipinski definition) is 5. The quantitative estimate of drug-likeness (QED) is 0.645. The van der Waals surface area contributed by atoms with Crippen molar-refractivity contribution in [3.05, 3.63) is 58.6 Å². The van der Waals surface area contributed by atoms with E-state index in [0.29, 0.717) is 27.6 Å². The van der Waals surface area contributed by atoms with Crippen LogP contribution in [-0.4, -0.2) is 25.8 Å². The van der Waals surface area contributed by atoms with Crippen LogP contribution in [0.2, 0.25) is 5.02 Å². The normalized spacial score (nSPS) is 10.2. The molecule has 0 spiro atoms. The minimum Gasteiger partial charge on any atom is -0.496 e. The second kappa shape index (κ2) is 8.56. The topological polar surface area (TPSA) is 83.7 Å². The standard InChI is InChI=1S/C17H14ClN3O3/c1-23-15-7-6-14(18)8-13(15)10-20-21-17(22)11-24-16-5-3-2-4-12(16)9-19/h2-8,10H,11H2,1H3,(H,21,22)/b20-10+. The molecule has 0 aliphatic rings. The van der Waals surface area contributed by atoms with E-state index < -0.39 is 5.91 Å². The fraction of sp³-hybridized carbons (Fsp3) is 0.118. The number of hydrogen-bond donors (Lipinski definition) is 1. The van der Waals surface area contributed by atoms with Gasteiger partial charge in [-0.25, -0.2) is 5.43 Å². The Hall–Kier alpha value is -3.04. The van der Waals surface area contributed by atoms with Gasteiger partial charge in [-0.1, -0.05) is 23.7 Å². The third-order valence-corrected chi connectivity index (χ3v) is 3.19. The van der Waals surface area contributed by atoms with Crippen molar-refractivity contribution in [2.75, 3.05) is 13.7 Å². The first-order valence-corrected chi connectivity index (χ1v) is 7.29. The summed E-state index contributed by atoms with van der Waals surface area (Å²) in [6, 6.07) is 13.7. The molecule has 0 fully saturated rings. The van der Waals surface area contributed by atoms with Gasteiger partial charge in [0.05, 0.1) is 18.9 Å². The summed E-state index contributed by atoms with van der Waals surface area (Å²) in [5, 5.41) is 13.3. The maximum absolute atomic E-state index is 11.7. The highest BCUT2D eigenvalue weighted by atomic mass is 35.5. The van der Waals surface area contributed by atoms with Crippen LogP contribution < -0.4 is 14.9 Å². The Labute approximate surface area is 144 Å². The van der Waals surface area contributed by atoms with Gasteiger partial charge in [0.25, 0.3) is 5.91 Å². The summed E-state index contributed by atoms with van der Waals surface area (Å²) in [6.07, 6.45) is 1.42. The zero-order valence-corrected chi connectivity index (χ0v) is 13.6. The number of hydrazone groups is 1. The first-order valence-electron chi connectivity index (χ1n) is 6.91. The van der Waals surface area contributed by atoms with Crippen molar-refractivity contribution in [1.82, 2.24) is 5.43 Å². The van der Waals surface area contributed by atoms with Crippen molar-refractivity contribution in [3.8, 4) is 17.6 Å². The molecule has 0 heterocycles. The summed E-state index contributed by atoms with van der Waals surface area (Å²) in [5.41, 5.74) is 3.32. The van der Waals surface area contributed by atoms with Crippen LogP contribution >= 0.6 is 11.6 Å². The SMILES string of the molecule is COc1ccc(Cl)cc1/C=N/NC(=O)COc1ccccc1C#N. The van der Waals surface area contributed by atoms with Crippen LogP contribution in [0.3, 0.4) is 0 Å². The number of benzene rings is 2. The van der Waals surface area contributed by atoms with Crippen LogP contribution in [-0.2, 0) is 4.79 Å². The Balaban J connectivity index is 1.92. The number of nitriles is 1. The van der Waals surface area contributed by atoms with Crippen molar-refractivity contribution in [1.29, 1.82) is 5.26 Å². The molecular weight excluding hydrogens is 330 g/mol. The van der Waals surface area contributed by atoms with Gasteiger partial charge in [-0.2, -0.15) is 10.4 Å². The number of nitrogens with zero attached hydrogens (tertiary/aromatic N) is 2. The van der Waals surface area contributed by atoms with E-state index in [2.05, 4.69) is 10.5 Å². The van der Waals surface area contributed by atoms with Gasteiger partial charge in [-0.3, -0.25) is 4.79 Å². The largest absolute Gasteiger partial charge is 0.496 e. The molecule has 0 radical (unpaired) electrons. The van der Waals surface area contributed by atoms with E-state index >= 15 is 0 Å². The molecule has 0 aliphatic heterocycles. The van der Waals surface area contributed by atoms with Gasteiger partial charge < -0.3 is 9.47 Å². The second-order valence-corrected chi connectivity index (χ2v) is 5.01. The summed E-state index contributed by atoms with van der Waals surface area (Å²) in [4.78, 5) is 11.7. The summed E-state index contributed by atoms with van der Waals surface area (Å²) >= 11 is 5.91. The molecule has 7 heteroatoms. The highest BCUT2D eigenvalue weighted by Gasteiger charge is 2.06. The average Bonchev–Trinajstić information content (AvgIpc) is 2.60. The third-order valence-electron chi connectivity index (χ3n) is 2.95. The van der Waals surface area contributed by atoms with Gasteiger partial charge in [0.2, 0.25) is 0 Å². The average molecular weight is 344 g/mol. The number of carbonyl (C=O) groups excluding carboxylic acids is 1. The van der Waals surface area contributed by atoms with Gasteiger partial charge in [0, 0.05) is 10.6 Å². The lowest BCUT2D eigenvalue weighted by Gasteiger charge is -2.06. The lowest BCUT2D eigenvalue weighted by atomic mass is 10.2. The van der Waals surface area contributed by atoms with Gasteiger partial charge in [-0.15, -0.1) is 0 Å². The van der Waals surface area contributed by atoms with E-state index in [4.69, 9.17) is 26.3 Å². The molecule has 2 rings (SSSR count). The van der Waals surface area contributed by atoms with E-state index in [1.165, 1.54) is 13.3 Å². The number of nitrogens with one attached hydrogen (secondary N) is 1. The summed E-state index contributed by atoms with van der Waals surface area (Å²) in [7, 11) is 1.53. The highest BCUT2D eigenvalue weighted by molar-refractivity contribution is 6.30. The Bertz CT molecular complexity index is 800. The van der Waals surface area contributed by atoms with Crippen molar-refractivity contribution in [3.63, 3.8) is 0 Å². The first kappa shape index (κ1) is 17.3. The molecule has 1 amide bonds. The fourth-order valence-corrected chi connectivity index (χ4v) is 2.02. The second-order valence-electron chi connectivity index (χ2n) is 4.58. The minimum absolute atomic E-state index is 0.261. The lowest BCUT2D eigenvalue weighted by molar-refractivity contribution is -0.123. The smallest absolute Gasteiger partial charge is 0.277 e. The van der Waals surface area contributed by atoms with Crippen LogP contribution in [0.25, 0.3) is 0 Å².